The van der Waals surface area contributed by atoms with Gasteiger partial charge in [0.25, 0.3) is 0 Å². The van der Waals surface area contributed by atoms with Crippen molar-refractivity contribution in [1.29, 1.82) is 0 Å². The molecule has 172 valence electrons. The van der Waals surface area contributed by atoms with Crippen molar-refractivity contribution in [3.8, 4) is 0 Å². The van der Waals surface area contributed by atoms with E-state index in [9.17, 15) is 5.11 Å². The average molecular weight is 433 g/mol. The fourth-order valence-corrected chi connectivity index (χ4v) is 5.39. The van der Waals surface area contributed by atoms with E-state index in [4.69, 9.17) is 0 Å². The van der Waals surface area contributed by atoms with E-state index < -0.39 is 0 Å². The Kier molecular flexibility index (Phi) is 8.42. The van der Waals surface area contributed by atoms with E-state index in [0.29, 0.717) is 0 Å². The van der Waals surface area contributed by atoms with Gasteiger partial charge in [-0.3, -0.25) is 4.90 Å². The molecule has 3 nitrogen and oxygen atoms in total. The number of nitrogens with zero attached hydrogens (tertiary/aromatic N) is 2. The molecular formula is C29H40N2O. The highest BCUT2D eigenvalue weighted by Crippen LogP contribution is 2.32. The molecule has 0 radical (unpaired) electrons. The van der Waals surface area contributed by atoms with Crippen molar-refractivity contribution in [3.63, 3.8) is 0 Å². The van der Waals surface area contributed by atoms with Gasteiger partial charge in [-0.15, -0.1) is 6.58 Å². The molecule has 3 heteroatoms. The van der Waals surface area contributed by atoms with Gasteiger partial charge < -0.3 is 10.0 Å². The van der Waals surface area contributed by atoms with Crippen molar-refractivity contribution in [2.45, 2.75) is 63.9 Å². The third kappa shape index (κ3) is 6.02. The maximum absolute atomic E-state index is 10.5. The molecular weight excluding hydrogens is 392 g/mol. The van der Waals surface area contributed by atoms with Crippen LogP contribution >= 0.6 is 0 Å². The van der Waals surface area contributed by atoms with E-state index in [-0.39, 0.29) is 6.10 Å². The highest BCUT2D eigenvalue weighted by Gasteiger charge is 2.23. The fraction of sp³-hybridized carbons (Fsp3) is 0.517. The van der Waals surface area contributed by atoms with Crippen molar-refractivity contribution in [2.24, 2.45) is 0 Å². The van der Waals surface area contributed by atoms with Crippen LogP contribution in [0.15, 0.2) is 55.1 Å². The number of allylic oxidation sites excluding steroid dienone is 1. The van der Waals surface area contributed by atoms with E-state index in [0.717, 1.165) is 71.2 Å². The largest absolute Gasteiger partial charge is 0.392 e. The first-order valence-electron chi connectivity index (χ1n) is 12.7. The predicted octanol–water partition coefficient (Wildman–Crippen LogP) is 5.39. The van der Waals surface area contributed by atoms with Crippen molar-refractivity contribution < 1.29 is 5.11 Å². The third-order valence-electron chi connectivity index (χ3n) is 7.27. The third-order valence-corrected chi connectivity index (χ3v) is 7.27. The van der Waals surface area contributed by atoms with Crippen molar-refractivity contribution in [3.05, 3.63) is 77.4 Å². The van der Waals surface area contributed by atoms with Crippen molar-refractivity contribution >= 4 is 5.69 Å². The Labute approximate surface area is 194 Å². The van der Waals surface area contributed by atoms with Crippen LogP contribution in [0.25, 0.3) is 0 Å². The predicted molar refractivity (Wildman–Crippen MR) is 136 cm³/mol. The Bertz CT molecular complexity index is 869. The number of hydrogen-bond donors (Lipinski definition) is 1. The molecule has 0 spiro atoms. The minimum atomic E-state index is -0.188. The summed E-state index contributed by atoms with van der Waals surface area (Å²) in [5.74, 6) is 0. The van der Waals surface area contributed by atoms with Gasteiger partial charge in [-0.05, 0) is 66.8 Å². The van der Waals surface area contributed by atoms with Gasteiger partial charge in [-0.25, -0.2) is 0 Å². The minimum Gasteiger partial charge on any atom is -0.392 e. The van der Waals surface area contributed by atoms with Crippen LogP contribution in [0.3, 0.4) is 0 Å². The zero-order chi connectivity index (χ0) is 22.2. The molecule has 2 aromatic rings. The zero-order valence-corrected chi connectivity index (χ0v) is 19.6. The summed E-state index contributed by atoms with van der Waals surface area (Å²) in [7, 11) is 0. The van der Waals surface area contributed by atoms with Crippen molar-refractivity contribution in [2.75, 3.05) is 37.6 Å². The molecule has 0 amide bonds. The summed E-state index contributed by atoms with van der Waals surface area (Å²) in [6, 6.07) is 15.8. The van der Waals surface area contributed by atoms with E-state index in [2.05, 4.69) is 58.8 Å². The molecule has 0 bridgehead atoms. The molecule has 4 rings (SSSR count). The van der Waals surface area contributed by atoms with Crippen LogP contribution in [-0.2, 0) is 19.3 Å². The molecule has 1 atom stereocenters. The second kappa shape index (κ2) is 11.7. The van der Waals surface area contributed by atoms with Crippen LogP contribution in [-0.4, -0.2) is 48.8 Å². The number of rotatable bonds is 10. The molecule has 2 aliphatic rings. The Morgan fingerprint density at radius 3 is 2.41 bits per heavy atom. The Morgan fingerprint density at radius 2 is 1.59 bits per heavy atom. The second-order valence-electron chi connectivity index (χ2n) is 9.58. The smallest absolute Gasteiger partial charge is 0.0667 e. The molecule has 1 saturated heterocycles. The van der Waals surface area contributed by atoms with E-state index in [1.807, 2.05) is 6.08 Å². The maximum atomic E-state index is 10.5. The molecule has 32 heavy (non-hydrogen) atoms. The molecule has 1 N–H and O–H groups in total. The molecule has 1 aliphatic heterocycles. The van der Waals surface area contributed by atoms with Gasteiger partial charge in [0.05, 0.1) is 6.10 Å². The number of hydrogen-bond acceptors (Lipinski definition) is 3. The number of piperazine rings is 1. The van der Waals surface area contributed by atoms with Gasteiger partial charge in [0.15, 0.2) is 0 Å². The van der Waals surface area contributed by atoms with Crippen LogP contribution in [0.1, 0.15) is 60.8 Å². The van der Waals surface area contributed by atoms with Gasteiger partial charge in [-0.1, -0.05) is 61.7 Å². The number of fused-ring (bicyclic) bond motifs is 2. The molecule has 1 fully saturated rings. The average Bonchev–Trinajstić information content (AvgIpc) is 3.01. The summed E-state index contributed by atoms with van der Waals surface area (Å²) in [6.07, 6.45) is 12.0. The number of aliphatic hydroxyl groups is 1. The van der Waals surface area contributed by atoms with Crippen LogP contribution < -0.4 is 4.90 Å². The first-order chi connectivity index (χ1) is 15.7. The molecule has 1 heterocycles. The number of β-amino-alcohol motifs (C(OH)–C–C–N with tert-alkyl or cyclic N) is 1. The first-order valence-corrected chi connectivity index (χ1v) is 12.7. The summed E-state index contributed by atoms with van der Waals surface area (Å²) < 4.78 is 0. The molecule has 0 aromatic heterocycles. The minimum absolute atomic E-state index is 0.188. The van der Waals surface area contributed by atoms with E-state index in [1.54, 1.807) is 5.56 Å². The number of aliphatic hydroxyl groups excluding tert-OH is 1. The lowest BCUT2D eigenvalue weighted by atomic mass is 9.98. The lowest BCUT2D eigenvalue weighted by molar-refractivity contribution is 0.0996. The van der Waals surface area contributed by atoms with Crippen molar-refractivity contribution in [1.82, 2.24) is 4.90 Å². The quantitative estimate of drug-likeness (QED) is 0.403. The van der Waals surface area contributed by atoms with Crippen LogP contribution in [0, 0.1) is 0 Å². The van der Waals surface area contributed by atoms with Gasteiger partial charge in [0, 0.05) is 38.4 Å². The highest BCUT2D eigenvalue weighted by atomic mass is 16.3. The lowest BCUT2D eigenvalue weighted by Crippen LogP contribution is -2.48. The monoisotopic (exact) mass is 432 g/mol. The Balaban J connectivity index is 1.27. The summed E-state index contributed by atoms with van der Waals surface area (Å²) >= 11 is 0. The molecule has 1 aliphatic carbocycles. The summed E-state index contributed by atoms with van der Waals surface area (Å²) in [4.78, 5) is 5.04. The summed E-state index contributed by atoms with van der Waals surface area (Å²) in [5.41, 5.74) is 7.49. The highest BCUT2D eigenvalue weighted by molar-refractivity contribution is 5.59. The SMILES string of the molecule is C=CCCCCCCC(O)CN1CCN(c2cccc3c2CCc2ccccc2C3)CC1. The molecule has 2 aromatic carbocycles. The molecule has 0 saturated carbocycles. The number of anilines is 1. The Hall–Kier alpha value is -2.10. The normalized spacial score (nSPS) is 17.3. The maximum Gasteiger partial charge on any atom is 0.0667 e. The van der Waals surface area contributed by atoms with Gasteiger partial charge in [0.2, 0.25) is 0 Å². The topological polar surface area (TPSA) is 26.7 Å². The Morgan fingerprint density at radius 1 is 0.844 bits per heavy atom. The summed E-state index contributed by atoms with van der Waals surface area (Å²) in [5, 5.41) is 10.5. The first kappa shape index (κ1) is 23.1. The zero-order valence-electron chi connectivity index (χ0n) is 19.6. The van der Waals surface area contributed by atoms with Gasteiger partial charge in [-0.2, -0.15) is 0 Å². The van der Waals surface area contributed by atoms with E-state index >= 15 is 0 Å². The second-order valence-corrected chi connectivity index (χ2v) is 9.58. The molecule has 1 unspecified atom stereocenters. The van der Waals surface area contributed by atoms with Crippen LogP contribution in [0.4, 0.5) is 5.69 Å². The van der Waals surface area contributed by atoms with Crippen LogP contribution in [0.5, 0.6) is 0 Å². The number of unbranched alkanes of at least 4 members (excludes halogenated alkanes) is 4. The fourth-order valence-electron chi connectivity index (χ4n) is 5.39. The standard InChI is InChI=1S/C29H40N2O/c1-2-3-4-5-6-7-14-27(32)23-30-18-20-31(21-19-30)29-15-10-13-26-22-25-12-9-8-11-24(25)16-17-28(26)29/h2,8-13,15,27,32H,1,3-7,14,16-23H2. The summed E-state index contributed by atoms with van der Waals surface area (Å²) in [6.45, 7) is 8.79. The lowest BCUT2D eigenvalue weighted by Gasteiger charge is -2.38. The van der Waals surface area contributed by atoms with Gasteiger partial charge in [0.1, 0.15) is 0 Å². The van der Waals surface area contributed by atoms with E-state index in [1.165, 1.54) is 41.6 Å². The number of aryl methyl sites for hydroxylation is 1. The number of benzene rings is 2. The van der Waals surface area contributed by atoms with Crippen LogP contribution in [0.2, 0.25) is 0 Å². The van der Waals surface area contributed by atoms with Gasteiger partial charge >= 0.3 is 0 Å².